The lowest BCUT2D eigenvalue weighted by molar-refractivity contribution is 0.255. The third-order valence-corrected chi connectivity index (χ3v) is 5.31. The highest BCUT2D eigenvalue weighted by Gasteiger charge is 2.53. The Morgan fingerprint density at radius 2 is 2.11 bits per heavy atom. The highest BCUT2D eigenvalue weighted by molar-refractivity contribution is 6.30. The van der Waals surface area contributed by atoms with Crippen LogP contribution in [-0.4, -0.2) is 23.4 Å². The highest BCUT2D eigenvalue weighted by Crippen LogP contribution is 2.60. The number of fused-ring (bicyclic) bond motifs is 1. The van der Waals surface area contributed by atoms with Gasteiger partial charge in [0.05, 0.1) is 5.69 Å². The van der Waals surface area contributed by atoms with Gasteiger partial charge in [-0.3, -0.25) is 4.68 Å². The summed E-state index contributed by atoms with van der Waals surface area (Å²) in [7, 11) is 3.99. The van der Waals surface area contributed by atoms with Gasteiger partial charge in [0.15, 0.2) is 0 Å². The zero-order chi connectivity index (χ0) is 12.9. The monoisotopic (exact) mass is 267 g/mol. The SMILES string of the molecule is CNCC1(Cc2c(C)nn(C)c2Cl)CC2CC2C1. The molecule has 100 valence electrons. The van der Waals surface area contributed by atoms with Crippen LogP contribution < -0.4 is 5.32 Å². The summed E-state index contributed by atoms with van der Waals surface area (Å²) in [6, 6.07) is 0. The fourth-order valence-electron chi connectivity index (χ4n) is 3.98. The third kappa shape index (κ3) is 1.97. The molecule has 18 heavy (non-hydrogen) atoms. The van der Waals surface area contributed by atoms with Crippen LogP contribution in [0.1, 0.15) is 30.5 Å². The van der Waals surface area contributed by atoms with E-state index in [1.165, 1.54) is 24.8 Å². The lowest BCUT2D eigenvalue weighted by Crippen LogP contribution is -2.33. The summed E-state index contributed by atoms with van der Waals surface area (Å²) in [5, 5.41) is 8.65. The van der Waals surface area contributed by atoms with Crippen molar-refractivity contribution in [2.75, 3.05) is 13.6 Å². The highest BCUT2D eigenvalue weighted by atomic mass is 35.5. The molecule has 3 rings (SSSR count). The summed E-state index contributed by atoms with van der Waals surface area (Å²) in [5.41, 5.74) is 2.77. The predicted octanol–water partition coefficient (Wildman–Crippen LogP) is 2.56. The van der Waals surface area contributed by atoms with Crippen molar-refractivity contribution >= 4 is 11.6 Å². The standard InChI is InChI=1S/C14H22ClN3/c1-9-12(13(15)18(3)17-9)7-14(8-16-2)5-10-4-11(10)6-14/h10-11,16H,4-8H2,1-3H3. The summed E-state index contributed by atoms with van der Waals surface area (Å²) >= 11 is 6.38. The van der Waals surface area contributed by atoms with Crippen LogP contribution >= 0.6 is 11.6 Å². The van der Waals surface area contributed by atoms with E-state index >= 15 is 0 Å². The second-order valence-electron chi connectivity index (χ2n) is 6.35. The summed E-state index contributed by atoms with van der Waals surface area (Å²) in [4.78, 5) is 0. The van der Waals surface area contributed by atoms with E-state index in [4.69, 9.17) is 11.6 Å². The Kier molecular flexibility index (Phi) is 2.94. The molecule has 0 spiro atoms. The minimum Gasteiger partial charge on any atom is -0.319 e. The van der Waals surface area contributed by atoms with Gasteiger partial charge in [-0.2, -0.15) is 5.10 Å². The number of nitrogens with zero attached hydrogens (tertiary/aromatic N) is 2. The van der Waals surface area contributed by atoms with Gasteiger partial charge >= 0.3 is 0 Å². The van der Waals surface area contributed by atoms with E-state index in [2.05, 4.69) is 24.4 Å². The molecule has 2 aliphatic rings. The van der Waals surface area contributed by atoms with Crippen molar-refractivity contribution in [3.63, 3.8) is 0 Å². The first kappa shape index (κ1) is 12.5. The van der Waals surface area contributed by atoms with Crippen LogP contribution in [-0.2, 0) is 13.5 Å². The van der Waals surface area contributed by atoms with Gasteiger partial charge < -0.3 is 5.32 Å². The maximum atomic E-state index is 6.38. The molecule has 0 radical (unpaired) electrons. The number of aryl methyl sites for hydroxylation is 2. The maximum absolute atomic E-state index is 6.38. The third-order valence-electron chi connectivity index (χ3n) is 4.83. The molecular weight excluding hydrogens is 246 g/mol. The van der Waals surface area contributed by atoms with E-state index < -0.39 is 0 Å². The average molecular weight is 268 g/mol. The fraction of sp³-hybridized carbons (Fsp3) is 0.786. The van der Waals surface area contributed by atoms with E-state index in [1.54, 1.807) is 4.68 Å². The van der Waals surface area contributed by atoms with Crippen molar-refractivity contribution in [3.8, 4) is 0 Å². The minimum atomic E-state index is 0.416. The van der Waals surface area contributed by atoms with Gasteiger partial charge in [0.2, 0.25) is 0 Å². The van der Waals surface area contributed by atoms with Crippen molar-refractivity contribution in [1.29, 1.82) is 0 Å². The molecule has 1 aromatic heterocycles. The molecule has 2 unspecified atom stereocenters. The number of nitrogens with one attached hydrogen (secondary N) is 1. The van der Waals surface area contributed by atoms with Crippen molar-refractivity contribution in [1.82, 2.24) is 15.1 Å². The van der Waals surface area contributed by atoms with E-state index in [-0.39, 0.29) is 0 Å². The van der Waals surface area contributed by atoms with Gasteiger partial charge in [-0.05, 0) is 56.9 Å². The van der Waals surface area contributed by atoms with Crippen molar-refractivity contribution in [2.24, 2.45) is 24.3 Å². The molecule has 2 atom stereocenters. The molecule has 3 nitrogen and oxygen atoms in total. The smallest absolute Gasteiger partial charge is 0.130 e. The molecule has 2 aliphatic carbocycles. The van der Waals surface area contributed by atoms with Crippen LogP contribution in [0.4, 0.5) is 0 Å². The molecule has 1 aromatic rings. The second kappa shape index (κ2) is 4.24. The maximum Gasteiger partial charge on any atom is 0.130 e. The normalized spacial score (nSPS) is 33.8. The molecule has 1 N–H and O–H groups in total. The minimum absolute atomic E-state index is 0.416. The van der Waals surface area contributed by atoms with Gasteiger partial charge in [0.1, 0.15) is 5.15 Å². The summed E-state index contributed by atoms with van der Waals surface area (Å²) in [6.07, 6.45) is 5.27. The molecule has 4 heteroatoms. The van der Waals surface area contributed by atoms with E-state index in [1.807, 2.05) is 7.05 Å². The lowest BCUT2D eigenvalue weighted by Gasteiger charge is -2.31. The summed E-state index contributed by atoms with van der Waals surface area (Å²) < 4.78 is 1.80. The first-order valence-electron chi connectivity index (χ1n) is 6.87. The van der Waals surface area contributed by atoms with Crippen molar-refractivity contribution in [3.05, 3.63) is 16.4 Å². The van der Waals surface area contributed by atoms with Crippen molar-refractivity contribution in [2.45, 2.75) is 32.6 Å². The first-order valence-corrected chi connectivity index (χ1v) is 7.25. The van der Waals surface area contributed by atoms with Gasteiger partial charge in [0, 0.05) is 19.2 Å². The molecule has 0 aliphatic heterocycles. The Hall–Kier alpha value is -0.540. The van der Waals surface area contributed by atoms with Crippen LogP contribution in [0, 0.1) is 24.2 Å². The Balaban J connectivity index is 1.84. The Labute approximate surface area is 114 Å². The zero-order valence-corrected chi connectivity index (χ0v) is 12.2. The molecular formula is C14H22ClN3. The quantitative estimate of drug-likeness (QED) is 0.909. The Morgan fingerprint density at radius 1 is 1.44 bits per heavy atom. The van der Waals surface area contributed by atoms with Crippen LogP contribution in [0.25, 0.3) is 0 Å². The van der Waals surface area contributed by atoms with Gasteiger partial charge in [0.25, 0.3) is 0 Å². The second-order valence-corrected chi connectivity index (χ2v) is 6.71. The number of hydrogen-bond donors (Lipinski definition) is 1. The molecule has 2 fully saturated rings. The van der Waals surface area contributed by atoms with Crippen LogP contribution in [0.2, 0.25) is 5.15 Å². The summed E-state index contributed by atoms with van der Waals surface area (Å²) in [5.74, 6) is 1.99. The first-order chi connectivity index (χ1) is 8.54. The Morgan fingerprint density at radius 3 is 2.61 bits per heavy atom. The molecule has 0 saturated heterocycles. The van der Waals surface area contributed by atoms with E-state index in [0.29, 0.717) is 5.41 Å². The van der Waals surface area contributed by atoms with Gasteiger partial charge in [-0.25, -0.2) is 0 Å². The van der Waals surface area contributed by atoms with E-state index in [9.17, 15) is 0 Å². The van der Waals surface area contributed by atoms with Crippen LogP contribution in [0.5, 0.6) is 0 Å². The lowest BCUT2D eigenvalue weighted by atomic mass is 9.77. The van der Waals surface area contributed by atoms with Crippen LogP contribution in [0.3, 0.4) is 0 Å². The molecule has 0 amide bonds. The largest absolute Gasteiger partial charge is 0.319 e. The van der Waals surface area contributed by atoms with Crippen LogP contribution in [0.15, 0.2) is 0 Å². The molecule has 2 saturated carbocycles. The number of aromatic nitrogens is 2. The number of hydrogen-bond acceptors (Lipinski definition) is 2. The molecule has 0 aromatic carbocycles. The average Bonchev–Trinajstić information content (AvgIpc) is 2.86. The molecule has 0 bridgehead atoms. The van der Waals surface area contributed by atoms with Gasteiger partial charge in [-0.15, -0.1) is 0 Å². The van der Waals surface area contributed by atoms with Gasteiger partial charge in [-0.1, -0.05) is 11.6 Å². The van der Waals surface area contributed by atoms with E-state index in [0.717, 1.165) is 35.6 Å². The summed E-state index contributed by atoms with van der Waals surface area (Å²) in [6.45, 7) is 3.18. The zero-order valence-electron chi connectivity index (χ0n) is 11.5. The number of halogens is 1. The Bertz CT molecular complexity index is 456. The molecule has 1 heterocycles. The topological polar surface area (TPSA) is 29.9 Å². The van der Waals surface area contributed by atoms with Crippen molar-refractivity contribution < 1.29 is 0 Å². The predicted molar refractivity (Wildman–Crippen MR) is 73.8 cm³/mol. The number of rotatable bonds is 4. The fourth-order valence-corrected chi connectivity index (χ4v) is 4.22.